The van der Waals surface area contributed by atoms with Gasteiger partial charge in [0.25, 0.3) is 0 Å². The Morgan fingerprint density at radius 1 is 1.47 bits per heavy atom. The Morgan fingerprint density at radius 2 is 2.11 bits per heavy atom. The van der Waals surface area contributed by atoms with E-state index in [0.29, 0.717) is 4.47 Å². The Balaban J connectivity index is 3.25. The molecule has 0 amide bonds. The van der Waals surface area contributed by atoms with Gasteiger partial charge in [0.2, 0.25) is 10.0 Å². The van der Waals surface area contributed by atoms with Crippen LogP contribution in [0.5, 0.6) is 0 Å². The van der Waals surface area contributed by atoms with E-state index in [-0.39, 0.29) is 18.7 Å². The molecule has 0 saturated carbocycles. The summed E-state index contributed by atoms with van der Waals surface area (Å²) in [5.74, 6) is -0.935. The van der Waals surface area contributed by atoms with E-state index in [0.717, 1.165) is 4.31 Å². The van der Waals surface area contributed by atoms with E-state index in [1.807, 2.05) is 0 Å². The van der Waals surface area contributed by atoms with E-state index in [1.54, 1.807) is 0 Å². The first-order chi connectivity index (χ1) is 8.84. The van der Waals surface area contributed by atoms with Crippen molar-refractivity contribution in [2.75, 3.05) is 27.3 Å². The maximum atomic E-state index is 14.0. The normalized spacial score (nSPS) is 12.1. The monoisotopic (exact) mass is 355 g/mol. The van der Waals surface area contributed by atoms with Gasteiger partial charge in [-0.25, -0.2) is 12.8 Å². The number of ether oxygens (including phenoxy) is 1. The largest absolute Gasteiger partial charge is 0.392 e. The molecule has 0 heterocycles. The van der Waals surface area contributed by atoms with Gasteiger partial charge < -0.3 is 9.84 Å². The number of hydrogen-bond acceptors (Lipinski definition) is 4. The lowest BCUT2D eigenvalue weighted by atomic mass is 10.2. The third kappa shape index (κ3) is 3.73. The number of benzene rings is 1. The Morgan fingerprint density at radius 3 is 2.63 bits per heavy atom. The van der Waals surface area contributed by atoms with Crippen LogP contribution in [0.15, 0.2) is 21.5 Å². The van der Waals surface area contributed by atoms with E-state index in [2.05, 4.69) is 15.9 Å². The number of nitrogens with zero attached hydrogens (tertiary/aromatic N) is 1. The molecule has 1 N–H and O–H groups in total. The summed E-state index contributed by atoms with van der Waals surface area (Å²) in [6.07, 6.45) is 0. The fourth-order valence-corrected chi connectivity index (χ4v) is 3.37. The summed E-state index contributed by atoms with van der Waals surface area (Å²) in [5.41, 5.74) is -0.0758. The molecule has 8 heteroatoms. The fraction of sp³-hybridized carbons (Fsp3) is 0.455. The van der Waals surface area contributed by atoms with Gasteiger partial charge in [-0.15, -0.1) is 0 Å². The quantitative estimate of drug-likeness (QED) is 0.836. The molecule has 0 spiro atoms. The first-order valence-electron chi connectivity index (χ1n) is 5.38. The molecule has 1 aromatic rings. The first-order valence-corrected chi connectivity index (χ1v) is 7.62. The van der Waals surface area contributed by atoms with Crippen molar-refractivity contribution >= 4 is 26.0 Å². The highest BCUT2D eigenvalue weighted by atomic mass is 79.9. The molecular weight excluding hydrogens is 341 g/mol. The number of aliphatic hydroxyl groups excluding tert-OH is 1. The molecule has 0 aliphatic rings. The van der Waals surface area contributed by atoms with Gasteiger partial charge in [-0.05, 0) is 12.1 Å². The average Bonchev–Trinajstić information content (AvgIpc) is 2.37. The lowest BCUT2D eigenvalue weighted by molar-refractivity contribution is 0.185. The molecule has 108 valence electrons. The Bertz CT molecular complexity index is 550. The molecule has 0 saturated heterocycles. The van der Waals surface area contributed by atoms with Crippen molar-refractivity contribution in [2.45, 2.75) is 11.5 Å². The topological polar surface area (TPSA) is 66.8 Å². The number of methoxy groups -OCH3 is 1. The Kier molecular flexibility index (Phi) is 5.87. The fourth-order valence-electron chi connectivity index (χ4n) is 1.43. The summed E-state index contributed by atoms with van der Waals surface area (Å²) in [6.45, 7) is -0.257. The maximum absolute atomic E-state index is 14.0. The van der Waals surface area contributed by atoms with Gasteiger partial charge in [-0.2, -0.15) is 4.31 Å². The molecule has 1 aromatic carbocycles. The van der Waals surface area contributed by atoms with Crippen molar-refractivity contribution in [3.8, 4) is 0 Å². The number of likely N-dealkylation sites (N-methyl/N-ethyl adjacent to an activating group) is 1. The standard InChI is InChI=1S/C11H15BrFNO4S/c1-14(3-4-18-2)19(16,17)10-6-9(12)5-8(7-15)11(10)13/h5-6,15H,3-4,7H2,1-2H3. The molecular formula is C11H15BrFNO4S. The molecule has 0 atom stereocenters. The van der Waals surface area contributed by atoms with Crippen molar-refractivity contribution in [3.63, 3.8) is 0 Å². The zero-order valence-electron chi connectivity index (χ0n) is 10.6. The van der Waals surface area contributed by atoms with E-state index < -0.39 is 27.3 Å². The summed E-state index contributed by atoms with van der Waals surface area (Å²) in [4.78, 5) is -0.468. The molecule has 0 aliphatic carbocycles. The Labute approximate surface area is 120 Å². The molecule has 0 unspecified atom stereocenters. The van der Waals surface area contributed by atoms with Gasteiger partial charge in [-0.1, -0.05) is 15.9 Å². The lowest BCUT2D eigenvalue weighted by Gasteiger charge is -2.18. The second-order valence-corrected chi connectivity index (χ2v) is 6.78. The van der Waals surface area contributed by atoms with Crippen molar-refractivity contribution < 1.29 is 22.7 Å². The van der Waals surface area contributed by atoms with Crippen LogP contribution in [-0.4, -0.2) is 45.1 Å². The molecule has 0 bridgehead atoms. The minimum absolute atomic E-state index is 0.0758. The number of sulfonamides is 1. The highest BCUT2D eigenvalue weighted by molar-refractivity contribution is 9.10. The van der Waals surface area contributed by atoms with Crippen molar-refractivity contribution in [1.29, 1.82) is 0 Å². The van der Waals surface area contributed by atoms with Crippen LogP contribution in [0.25, 0.3) is 0 Å². The van der Waals surface area contributed by atoms with Crippen LogP contribution in [0.2, 0.25) is 0 Å². The van der Waals surface area contributed by atoms with Crippen LogP contribution in [0.4, 0.5) is 4.39 Å². The third-order valence-electron chi connectivity index (χ3n) is 2.55. The van der Waals surface area contributed by atoms with Crippen LogP contribution < -0.4 is 0 Å². The van der Waals surface area contributed by atoms with Crippen LogP contribution in [-0.2, 0) is 21.4 Å². The number of aliphatic hydroxyl groups is 1. The SMILES string of the molecule is COCCN(C)S(=O)(=O)c1cc(Br)cc(CO)c1F. The van der Waals surface area contributed by atoms with Gasteiger partial charge in [0.05, 0.1) is 13.2 Å². The summed E-state index contributed by atoms with van der Waals surface area (Å²) >= 11 is 3.10. The molecule has 0 radical (unpaired) electrons. The van der Waals surface area contributed by atoms with E-state index in [4.69, 9.17) is 9.84 Å². The predicted octanol–water partition coefficient (Wildman–Crippen LogP) is 1.35. The highest BCUT2D eigenvalue weighted by Crippen LogP contribution is 2.26. The van der Waals surface area contributed by atoms with Crippen molar-refractivity contribution in [2.24, 2.45) is 0 Å². The number of hydrogen-bond donors (Lipinski definition) is 1. The highest BCUT2D eigenvalue weighted by Gasteiger charge is 2.26. The minimum Gasteiger partial charge on any atom is -0.392 e. The summed E-state index contributed by atoms with van der Waals surface area (Å²) in [7, 11) is -1.17. The van der Waals surface area contributed by atoms with E-state index >= 15 is 0 Å². The molecule has 19 heavy (non-hydrogen) atoms. The maximum Gasteiger partial charge on any atom is 0.245 e. The van der Waals surface area contributed by atoms with Gasteiger partial charge in [-0.3, -0.25) is 0 Å². The van der Waals surface area contributed by atoms with Crippen molar-refractivity contribution in [3.05, 3.63) is 28.0 Å². The molecule has 0 aliphatic heterocycles. The van der Waals surface area contributed by atoms with Crippen molar-refractivity contribution in [1.82, 2.24) is 4.31 Å². The van der Waals surface area contributed by atoms with Gasteiger partial charge >= 0.3 is 0 Å². The minimum atomic E-state index is -3.96. The second-order valence-electron chi connectivity index (χ2n) is 3.85. The van der Waals surface area contributed by atoms with E-state index in [1.165, 1.54) is 26.3 Å². The second kappa shape index (κ2) is 6.76. The molecule has 5 nitrogen and oxygen atoms in total. The smallest absolute Gasteiger partial charge is 0.245 e. The lowest BCUT2D eigenvalue weighted by Crippen LogP contribution is -2.31. The molecule has 1 rings (SSSR count). The van der Waals surface area contributed by atoms with E-state index in [9.17, 15) is 12.8 Å². The van der Waals surface area contributed by atoms with Gasteiger partial charge in [0.15, 0.2) is 0 Å². The average molecular weight is 356 g/mol. The summed E-state index contributed by atoms with van der Waals surface area (Å²) in [6, 6.07) is 2.51. The van der Waals surface area contributed by atoms with Gasteiger partial charge in [0.1, 0.15) is 10.7 Å². The van der Waals surface area contributed by atoms with Crippen LogP contribution in [0.1, 0.15) is 5.56 Å². The third-order valence-corrected chi connectivity index (χ3v) is 4.86. The first kappa shape index (κ1) is 16.5. The summed E-state index contributed by atoms with van der Waals surface area (Å²) in [5, 5.41) is 9.02. The van der Waals surface area contributed by atoms with Crippen LogP contribution in [0.3, 0.4) is 0 Å². The summed E-state index contributed by atoms with van der Waals surface area (Å²) < 4.78 is 44.6. The zero-order valence-corrected chi connectivity index (χ0v) is 13.0. The van der Waals surface area contributed by atoms with Crippen LogP contribution >= 0.6 is 15.9 Å². The number of halogens is 2. The molecule has 0 fully saturated rings. The zero-order chi connectivity index (χ0) is 14.6. The van der Waals surface area contributed by atoms with Crippen LogP contribution in [0, 0.1) is 5.82 Å². The van der Waals surface area contributed by atoms with Gasteiger partial charge in [0, 0.05) is 30.7 Å². The predicted molar refractivity (Wildman–Crippen MR) is 71.7 cm³/mol. The number of rotatable bonds is 6. The Hall–Kier alpha value is -0.540. The molecule has 0 aromatic heterocycles.